The molecule has 168 valence electrons. The van der Waals surface area contributed by atoms with Gasteiger partial charge < -0.3 is 19.9 Å². The number of dihydropyridines is 1. The first-order valence-corrected chi connectivity index (χ1v) is 10.9. The van der Waals surface area contributed by atoms with Crippen LogP contribution in [-0.2, 0) is 25.7 Å². The van der Waals surface area contributed by atoms with Crippen LogP contribution in [0.5, 0.6) is 0 Å². The molecule has 0 aromatic heterocycles. The van der Waals surface area contributed by atoms with Gasteiger partial charge in [0.15, 0.2) is 0 Å². The first-order valence-electron chi connectivity index (χ1n) is 9.96. The Labute approximate surface area is 196 Å². The molecule has 0 amide bonds. The molecule has 3 rings (SSSR count). The van der Waals surface area contributed by atoms with Gasteiger partial charge in [-0.05, 0) is 30.2 Å². The van der Waals surface area contributed by atoms with Crippen molar-refractivity contribution in [1.82, 2.24) is 5.32 Å². The zero-order chi connectivity index (χ0) is 23.1. The highest BCUT2D eigenvalue weighted by Crippen LogP contribution is 2.39. The Morgan fingerprint density at radius 1 is 1.06 bits per heavy atom. The molecule has 1 atom stereocenters. The van der Waals surface area contributed by atoms with Crippen LogP contribution in [0.4, 0.5) is 0 Å². The molecule has 0 saturated heterocycles. The van der Waals surface area contributed by atoms with Crippen LogP contribution in [0.1, 0.15) is 24.0 Å². The molecular weight excluding hydrogens is 453 g/mol. The van der Waals surface area contributed by atoms with E-state index in [0.29, 0.717) is 22.0 Å². The number of esters is 1. The predicted octanol–water partition coefficient (Wildman–Crippen LogP) is 4.64. The van der Waals surface area contributed by atoms with E-state index in [0.717, 1.165) is 5.56 Å². The minimum Gasteiger partial charge on any atom is -0.478 e. The number of allylic oxidation sites excluding steroid dienone is 1. The van der Waals surface area contributed by atoms with Gasteiger partial charge in [0.1, 0.15) is 6.61 Å². The lowest BCUT2D eigenvalue weighted by atomic mass is 9.80. The number of rotatable bonds is 9. The molecule has 2 aromatic carbocycles. The standard InChI is InChI=1S/C24H23Cl2NO5/c1-15-20(23(28)29)21(17-8-5-9-18(26)12-17)22(19(27-15)14-31-11-10-25)24(30)32-13-16-6-3-2-4-7-16/h2-9,12,21,27H,10-11,13-14H2,1H3,(H,28,29). The summed E-state index contributed by atoms with van der Waals surface area (Å²) in [4.78, 5) is 25.5. The van der Waals surface area contributed by atoms with Crippen molar-refractivity contribution in [1.29, 1.82) is 0 Å². The zero-order valence-corrected chi connectivity index (χ0v) is 18.9. The van der Waals surface area contributed by atoms with Crippen LogP contribution in [-0.4, -0.2) is 36.1 Å². The van der Waals surface area contributed by atoms with Crippen molar-refractivity contribution >= 4 is 35.1 Å². The van der Waals surface area contributed by atoms with E-state index in [4.69, 9.17) is 32.7 Å². The first-order chi connectivity index (χ1) is 15.4. The highest BCUT2D eigenvalue weighted by atomic mass is 35.5. The Hall–Kier alpha value is -2.80. The smallest absolute Gasteiger partial charge is 0.337 e. The molecule has 32 heavy (non-hydrogen) atoms. The maximum Gasteiger partial charge on any atom is 0.337 e. The molecule has 0 radical (unpaired) electrons. The molecule has 0 spiro atoms. The van der Waals surface area contributed by atoms with Crippen LogP contribution in [0.25, 0.3) is 0 Å². The van der Waals surface area contributed by atoms with Crippen molar-refractivity contribution in [3.63, 3.8) is 0 Å². The molecule has 0 aliphatic carbocycles. The average Bonchev–Trinajstić information content (AvgIpc) is 2.77. The zero-order valence-electron chi connectivity index (χ0n) is 17.4. The van der Waals surface area contributed by atoms with Gasteiger partial charge >= 0.3 is 11.9 Å². The second kappa shape index (κ2) is 11.2. The number of alkyl halides is 1. The Balaban J connectivity index is 2.05. The molecule has 0 saturated carbocycles. The van der Waals surface area contributed by atoms with Gasteiger partial charge in [-0.3, -0.25) is 0 Å². The lowest BCUT2D eigenvalue weighted by Gasteiger charge is -2.31. The number of ether oxygens (including phenoxy) is 2. The van der Waals surface area contributed by atoms with Gasteiger partial charge in [-0.2, -0.15) is 0 Å². The van der Waals surface area contributed by atoms with Gasteiger partial charge in [-0.25, -0.2) is 9.59 Å². The number of aliphatic carboxylic acids is 1. The highest BCUT2D eigenvalue weighted by molar-refractivity contribution is 6.30. The third-order valence-electron chi connectivity index (χ3n) is 4.96. The number of carboxylic acid groups (broad SMARTS) is 1. The van der Waals surface area contributed by atoms with Gasteiger partial charge in [-0.1, -0.05) is 54.1 Å². The van der Waals surface area contributed by atoms with Crippen molar-refractivity contribution in [3.8, 4) is 0 Å². The summed E-state index contributed by atoms with van der Waals surface area (Å²) < 4.78 is 11.1. The SMILES string of the molecule is CC1=C(C(=O)O)C(c2cccc(Cl)c2)C(C(=O)OCc2ccccc2)=C(COCCCl)N1. The summed E-state index contributed by atoms with van der Waals surface area (Å²) in [5.74, 6) is -2.38. The fourth-order valence-electron chi connectivity index (χ4n) is 3.58. The van der Waals surface area contributed by atoms with Crippen molar-refractivity contribution in [2.45, 2.75) is 19.4 Å². The molecule has 1 aliphatic rings. The van der Waals surface area contributed by atoms with Crippen molar-refractivity contribution in [2.75, 3.05) is 19.1 Å². The molecule has 1 aliphatic heterocycles. The quantitative estimate of drug-likeness (QED) is 0.312. The summed E-state index contributed by atoms with van der Waals surface area (Å²) in [6, 6.07) is 16.0. The summed E-state index contributed by atoms with van der Waals surface area (Å²) in [5, 5.41) is 13.4. The van der Waals surface area contributed by atoms with E-state index in [9.17, 15) is 14.7 Å². The Kier molecular flexibility index (Phi) is 8.33. The Morgan fingerprint density at radius 2 is 1.81 bits per heavy atom. The third kappa shape index (κ3) is 5.71. The third-order valence-corrected chi connectivity index (χ3v) is 5.35. The largest absolute Gasteiger partial charge is 0.478 e. The second-order valence-corrected chi connectivity index (χ2v) is 7.97. The van der Waals surface area contributed by atoms with Crippen LogP contribution in [0.3, 0.4) is 0 Å². The Morgan fingerprint density at radius 3 is 2.47 bits per heavy atom. The van der Waals surface area contributed by atoms with E-state index in [1.807, 2.05) is 30.3 Å². The van der Waals surface area contributed by atoms with Gasteiger partial charge in [-0.15, -0.1) is 11.6 Å². The number of nitrogens with one attached hydrogen (secondary N) is 1. The number of benzene rings is 2. The summed E-state index contributed by atoms with van der Waals surface area (Å²) in [6.45, 7) is 2.01. The summed E-state index contributed by atoms with van der Waals surface area (Å²) in [5.41, 5.74) is 2.43. The molecule has 1 heterocycles. The van der Waals surface area contributed by atoms with E-state index in [2.05, 4.69) is 5.32 Å². The number of halogens is 2. The minimum atomic E-state index is -1.14. The number of carbonyl (C=O) groups is 2. The van der Waals surface area contributed by atoms with Crippen LogP contribution < -0.4 is 5.32 Å². The van der Waals surface area contributed by atoms with Crippen molar-refractivity contribution < 1.29 is 24.2 Å². The number of carboxylic acids is 1. The van der Waals surface area contributed by atoms with Crippen LogP contribution in [0.15, 0.2) is 77.1 Å². The molecule has 2 N–H and O–H groups in total. The summed E-state index contributed by atoms with van der Waals surface area (Å²) in [7, 11) is 0. The molecule has 0 fully saturated rings. The van der Waals surface area contributed by atoms with Crippen LogP contribution >= 0.6 is 23.2 Å². The second-order valence-electron chi connectivity index (χ2n) is 7.15. The Bertz CT molecular complexity index is 1050. The topological polar surface area (TPSA) is 84.9 Å². The van der Waals surface area contributed by atoms with Crippen LogP contribution in [0.2, 0.25) is 5.02 Å². The molecular formula is C24H23Cl2NO5. The summed E-state index contributed by atoms with van der Waals surface area (Å²) >= 11 is 11.9. The van der Waals surface area contributed by atoms with E-state index < -0.39 is 17.9 Å². The lowest BCUT2D eigenvalue weighted by molar-refractivity contribution is -0.140. The highest BCUT2D eigenvalue weighted by Gasteiger charge is 2.38. The maximum absolute atomic E-state index is 13.3. The number of carbonyl (C=O) groups excluding carboxylic acids is 1. The van der Waals surface area contributed by atoms with E-state index in [1.165, 1.54) is 0 Å². The molecule has 0 bridgehead atoms. The normalized spacial score (nSPS) is 16.0. The fraction of sp³-hybridized carbons (Fsp3) is 0.250. The van der Waals surface area contributed by atoms with Crippen molar-refractivity contribution in [3.05, 3.63) is 93.3 Å². The molecule has 2 aromatic rings. The number of hydrogen-bond acceptors (Lipinski definition) is 5. The first kappa shape index (κ1) is 23.9. The van der Waals surface area contributed by atoms with Crippen molar-refractivity contribution in [2.24, 2.45) is 0 Å². The number of hydrogen-bond donors (Lipinski definition) is 2. The monoisotopic (exact) mass is 475 g/mol. The average molecular weight is 476 g/mol. The molecule has 6 nitrogen and oxygen atoms in total. The lowest BCUT2D eigenvalue weighted by Crippen LogP contribution is -2.34. The van der Waals surface area contributed by atoms with E-state index >= 15 is 0 Å². The predicted molar refractivity (Wildman–Crippen MR) is 122 cm³/mol. The molecule has 8 heteroatoms. The summed E-state index contributed by atoms with van der Waals surface area (Å²) in [6.07, 6.45) is 0. The van der Waals surface area contributed by atoms with Gasteiger partial charge in [0.2, 0.25) is 0 Å². The van der Waals surface area contributed by atoms with Gasteiger partial charge in [0.05, 0.1) is 36.0 Å². The van der Waals surface area contributed by atoms with E-state index in [1.54, 1.807) is 31.2 Å². The fourth-order valence-corrected chi connectivity index (χ4v) is 3.89. The van der Waals surface area contributed by atoms with E-state index in [-0.39, 0.29) is 36.8 Å². The minimum absolute atomic E-state index is 0.0417. The van der Waals surface area contributed by atoms with Crippen LogP contribution in [0, 0.1) is 0 Å². The maximum atomic E-state index is 13.3. The van der Waals surface area contributed by atoms with Gasteiger partial charge in [0, 0.05) is 16.6 Å². The van der Waals surface area contributed by atoms with Gasteiger partial charge in [0.25, 0.3) is 0 Å². The molecule has 1 unspecified atom stereocenters.